The molecule has 0 saturated carbocycles. The van der Waals surface area contributed by atoms with Gasteiger partial charge >= 0.3 is 0 Å². The van der Waals surface area contributed by atoms with Gasteiger partial charge in [-0.1, -0.05) is 57.3 Å². The van der Waals surface area contributed by atoms with E-state index in [9.17, 15) is 0 Å². The highest BCUT2D eigenvalue weighted by molar-refractivity contribution is 9.10. The molecule has 5 heteroatoms. The third kappa shape index (κ3) is 4.47. The molecule has 1 atom stereocenters. The summed E-state index contributed by atoms with van der Waals surface area (Å²) >= 11 is 15.4. The van der Waals surface area contributed by atoms with Gasteiger partial charge in [0.25, 0.3) is 0 Å². The normalized spacial score (nSPS) is 12.4. The first kappa shape index (κ1) is 15.8. The molecule has 0 spiro atoms. The molecule has 0 aliphatic rings. The molecule has 3 N–H and O–H groups in total. The molecule has 2 aromatic carbocycles. The van der Waals surface area contributed by atoms with Crippen molar-refractivity contribution in [2.45, 2.75) is 18.9 Å². The minimum atomic E-state index is 0.147. The first-order valence-corrected chi connectivity index (χ1v) is 7.78. The maximum atomic E-state index is 6.03. The number of nitrogens with one attached hydrogen (secondary N) is 1. The monoisotopic (exact) mass is 372 g/mol. The van der Waals surface area contributed by atoms with Crippen LogP contribution >= 0.6 is 39.1 Å². The highest BCUT2D eigenvalue weighted by atomic mass is 79.9. The predicted octanol–water partition coefficient (Wildman–Crippen LogP) is 4.37. The number of hydrogen-bond donors (Lipinski definition) is 2. The van der Waals surface area contributed by atoms with E-state index in [0.29, 0.717) is 10.0 Å². The van der Waals surface area contributed by atoms with Crippen LogP contribution in [0.5, 0.6) is 0 Å². The minimum absolute atomic E-state index is 0.147. The predicted molar refractivity (Wildman–Crippen MR) is 89.1 cm³/mol. The van der Waals surface area contributed by atoms with Gasteiger partial charge in [0.1, 0.15) is 0 Å². The van der Waals surface area contributed by atoms with E-state index < -0.39 is 0 Å². The van der Waals surface area contributed by atoms with E-state index in [0.717, 1.165) is 22.9 Å². The Morgan fingerprint density at radius 3 is 2.15 bits per heavy atom. The fourth-order valence-corrected chi connectivity index (χ4v) is 2.63. The van der Waals surface area contributed by atoms with E-state index in [2.05, 4.69) is 33.5 Å². The maximum Gasteiger partial charge on any atom is 0.0595 e. The van der Waals surface area contributed by atoms with Crippen LogP contribution in [0.3, 0.4) is 0 Å². The van der Waals surface area contributed by atoms with Crippen molar-refractivity contribution in [2.24, 2.45) is 5.84 Å². The van der Waals surface area contributed by atoms with Crippen LogP contribution in [0.1, 0.15) is 11.1 Å². The summed E-state index contributed by atoms with van der Waals surface area (Å²) in [6, 6.07) is 14.0. The van der Waals surface area contributed by atoms with Crippen molar-refractivity contribution in [1.29, 1.82) is 0 Å². The fraction of sp³-hybridized carbons (Fsp3) is 0.200. The third-order valence-corrected chi connectivity index (χ3v) is 4.36. The molecule has 0 saturated heterocycles. The zero-order valence-corrected chi connectivity index (χ0v) is 13.8. The summed E-state index contributed by atoms with van der Waals surface area (Å²) in [7, 11) is 0. The molecule has 106 valence electrons. The van der Waals surface area contributed by atoms with E-state index in [4.69, 9.17) is 29.0 Å². The van der Waals surface area contributed by atoms with Crippen LogP contribution in [0.25, 0.3) is 0 Å². The van der Waals surface area contributed by atoms with Crippen LogP contribution < -0.4 is 11.3 Å². The molecule has 1 unspecified atom stereocenters. The molecule has 0 aliphatic heterocycles. The van der Waals surface area contributed by atoms with E-state index in [-0.39, 0.29) is 6.04 Å². The van der Waals surface area contributed by atoms with Crippen LogP contribution in [0, 0.1) is 0 Å². The second-order valence-electron chi connectivity index (χ2n) is 4.65. The molecule has 0 bridgehead atoms. The van der Waals surface area contributed by atoms with Crippen molar-refractivity contribution >= 4 is 39.1 Å². The van der Waals surface area contributed by atoms with E-state index >= 15 is 0 Å². The molecule has 20 heavy (non-hydrogen) atoms. The smallest absolute Gasteiger partial charge is 0.0595 e. The Morgan fingerprint density at radius 2 is 1.55 bits per heavy atom. The molecule has 0 fully saturated rings. The van der Waals surface area contributed by atoms with Crippen LogP contribution in [-0.4, -0.2) is 6.04 Å². The molecule has 0 aromatic heterocycles. The maximum absolute atomic E-state index is 6.03. The SMILES string of the molecule is NNC(Cc1ccc(Br)cc1)Cc1ccc(Cl)c(Cl)c1. The molecule has 2 rings (SSSR count). The molecule has 0 radical (unpaired) electrons. The topological polar surface area (TPSA) is 38.0 Å². The molecular formula is C15H15BrCl2N2. The Balaban J connectivity index is 2.04. The van der Waals surface area contributed by atoms with Gasteiger partial charge in [0.15, 0.2) is 0 Å². The Hall–Kier alpha value is -0.580. The zero-order chi connectivity index (χ0) is 14.5. The Bertz CT molecular complexity index is 573. The summed E-state index contributed by atoms with van der Waals surface area (Å²) in [5, 5.41) is 1.14. The summed E-state index contributed by atoms with van der Waals surface area (Å²) in [4.78, 5) is 0. The number of nitrogens with two attached hydrogens (primary N) is 1. The van der Waals surface area contributed by atoms with Crippen LogP contribution in [0.15, 0.2) is 46.9 Å². The standard InChI is InChI=1S/C15H15BrCl2N2/c16-12-4-1-10(2-5-12)7-13(20-19)8-11-3-6-14(17)15(18)9-11/h1-6,9,13,20H,7-8,19H2. The second-order valence-corrected chi connectivity index (χ2v) is 6.38. The van der Waals surface area contributed by atoms with Crippen molar-refractivity contribution in [3.8, 4) is 0 Å². The highest BCUT2D eigenvalue weighted by Crippen LogP contribution is 2.23. The van der Waals surface area contributed by atoms with Gasteiger partial charge in [-0.2, -0.15) is 0 Å². The molecule has 0 aliphatic carbocycles. The van der Waals surface area contributed by atoms with Crippen LogP contribution in [0.4, 0.5) is 0 Å². The van der Waals surface area contributed by atoms with E-state index in [1.165, 1.54) is 5.56 Å². The fourth-order valence-electron chi connectivity index (χ4n) is 2.05. The zero-order valence-electron chi connectivity index (χ0n) is 10.7. The molecule has 0 heterocycles. The van der Waals surface area contributed by atoms with E-state index in [1.54, 1.807) is 0 Å². The van der Waals surface area contributed by atoms with Gasteiger partial charge < -0.3 is 0 Å². The first-order chi connectivity index (χ1) is 9.58. The largest absolute Gasteiger partial charge is 0.271 e. The van der Waals surface area contributed by atoms with Gasteiger partial charge in [-0.15, -0.1) is 0 Å². The van der Waals surface area contributed by atoms with Gasteiger partial charge in [-0.25, -0.2) is 0 Å². The summed E-state index contributed by atoms with van der Waals surface area (Å²) in [6.45, 7) is 0. The number of rotatable bonds is 5. The van der Waals surface area contributed by atoms with Crippen molar-refractivity contribution < 1.29 is 0 Å². The summed E-state index contributed by atoms with van der Waals surface area (Å²) < 4.78 is 1.07. The summed E-state index contributed by atoms with van der Waals surface area (Å²) in [5.41, 5.74) is 5.20. The van der Waals surface area contributed by atoms with Gasteiger partial charge in [-0.05, 0) is 48.2 Å². The summed E-state index contributed by atoms with van der Waals surface area (Å²) in [6.07, 6.45) is 1.65. The third-order valence-electron chi connectivity index (χ3n) is 3.10. The molecular weight excluding hydrogens is 359 g/mol. The summed E-state index contributed by atoms with van der Waals surface area (Å²) in [5.74, 6) is 5.65. The van der Waals surface area contributed by atoms with Crippen molar-refractivity contribution in [2.75, 3.05) is 0 Å². The van der Waals surface area contributed by atoms with Crippen molar-refractivity contribution in [3.63, 3.8) is 0 Å². The Labute approximate surface area is 137 Å². The lowest BCUT2D eigenvalue weighted by atomic mass is 9.99. The van der Waals surface area contributed by atoms with Crippen molar-refractivity contribution in [3.05, 3.63) is 68.1 Å². The van der Waals surface area contributed by atoms with Crippen LogP contribution in [-0.2, 0) is 12.8 Å². The number of halogens is 3. The minimum Gasteiger partial charge on any atom is -0.271 e. The molecule has 2 aromatic rings. The molecule has 2 nitrogen and oxygen atoms in total. The lowest BCUT2D eigenvalue weighted by Crippen LogP contribution is -2.38. The number of hydrogen-bond acceptors (Lipinski definition) is 2. The average molecular weight is 374 g/mol. The number of benzene rings is 2. The lowest BCUT2D eigenvalue weighted by molar-refractivity contribution is 0.522. The second kappa shape index (κ2) is 7.43. The highest BCUT2D eigenvalue weighted by Gasteiger charge is 2.10. The van der Waals surface area contributed by atoms with Gasteiger partial charge in [0, 0.05) is 10.5 Å². The number of hydrazine groups is 1. The Kier molecular flexibility index (Phi) is 5.87. The average Bonchev–Trinajstić information content (AvgIpc) is 2.44. The van der Waals surface area contributed by atoms with Crippen molar-refractivity contribution in [1.82, 2.24) is 5.43 Å². The van der Waals surface area contributed by atoms with Gasteiger partial charge in [0.2, 0.25) is 0 Å². The van der Waals surface area contributed by atoms with E-state index in [1.807, 2.05) is 30.3 Å². The quantitative estimate of drug-likeness (QED) is 0.603. The van der Waals surface area contributed by atoms with Gasteiger partial charge in [-0.3, -0.25) is 11.3 Å². The van der Waals surface area contributed by atoms with Crippen LogP contribution in [0.2, 0.25) is 10.0 Å². The Morgan fingerprint density at radius 1 is 0.950 bits per heavy atom. The van der Waals surface area contributed by atoms with Gasteiger partial charge in [0.05, 0.1) is 10.0 Å². The molecule has 0 amide bonds. The first-order valence-electron chi connectivity index (χ1n) is 6.23. The lowest BCUT2D eigenvalue weighted by Gasteiger charge is -2.16.